The van der Waals surface area contributed by atoms with Crippen LogP contribution in [0.5, 0.6) is 11.5 Å². The van der Waals surface area contributed by atoms with E-state index in [1.54, 1.807) is 0 Å². The zero-order valence-electron chi connectivity index (χ0n) is 12.3. The molecule has 0 spiro atoms. The Labute approximate surface area is 117 Å². The maximum Gasteiger partial charge on any atom is 0.123 e. The molecule has 0 saturated carbocycles. The van der Waals surface area contributed by atoms with Crippen molar-refractivity contribution in [2.24, 2.45) is 0 Å². The SMILES string of the molecule is CCCCNCCOc1cccc(OCCCC)c1. The van der Waals surface area contributed by atoms with E-state index in [1.807, 2.05) is 24.3 Å². The van der Waals surface area contributed by atoms with Gasteiger partial charge in [0, 0.05) is 12.6 Å². The van der Waals surface area contributed by atoms with Crippen molar-refractivity contribution in [1.82, 2.24) is 5.32 Å². The first-order valence-electron chi connectivity index (χ1n) is 7.43. The zero-order chi connectivity index (χ0) is 13.8. The van der Waals surface area contributed by atoms with Crippen LogP contribution in [0.15, 0.2) is 24.3 Å². The van der Waals surface area contributed by atoms with Crippen LogP contribution in [0.3, 0.4) is 0 Å². The lowest BCUT2D eigenvalue weighted by Gasteiger charge is -2.09. The molecular weight excluding hydrogens is 238 g/mol. The Hall–Kier alpha value is -1.22. The second-order valence-electron chi connectivity index (χ2n) is 4.63. The predicted molar refractivity (Wildman–Crippen MR) is 80.1 cm³/mol. The molecule has 0 radical (unpaired) electrons. The van der Waals surface area contributed by atoms with Gasteiger partial charge in [-0.05, 0) is 31.5 Å². The first kappa shape index (κ1) is 15.8. The van der Waals surface area contributed by atoms with E-state index in [0.29, 0.717) is 6.61 Å². The fourth-order valence-corrected chi connectivity index (χ4v) is 1.66. The summed E-state index contributed by atoms with van der Waals surface area (Å²) in [5, 5.41) is 3.36. The van der Waals surface area contributed by atoms with Crippen molar-refractivity contribution in [1.29, 1.82) is 0 Å². The molecule has 0 fully saturated rings. The molecule has 0 bridgehead atoms. The third-order valence-electron chi connectivity index (χ3n) is 2.83. The monoisotopic (exact) mass is 265 g/mol. The van der Waals surface area contributed by atoms with Crippen LogP contribution < -0.4 is 14.8 Å². The van der Waals surface area contributed by atoms with Gasteiger partial charge in [-0.2, -0.15) is 0 Å². The van der Waals surface area contributed by atoms with E-state index in [1.165, 1.54) is 12.8 Å². The molecule has 0 unspecified atom stereocenters. The van der Waals surface area contributed by atoms with Gasteiger partial charge in [-0.15, -0.1) is 0 Å². The van der Waals surface area contributed by atoms with E-state index in [0.717, 1.165) is 44.0 Å². The smallest absolute Gasteiger partial charge is 0.123 e. The van der Waals surface area contributed by atoms with Crippen LogP contribution in [0.1, 0.15) is 39.5 Å². The van der Waals surface area contributed by atoms with Crippen molar-refractivity contribution in [3.63, 3.8) is 0 Å². The third kappa shape index (κ3) is 7.73. The van der Waals surface area contributed by atoms with Gasteiger partial charge in [0.15, 0.2) is 0 Å². The summed E-state index contributed by atoms with van der Waals surface area (Å²) < 4.78 is 11.3. The lowest BCUT2D eigenvalue weighted by atomic mass is 10.3. The van der Waals surface area contributed by atoms with Gasteiger partial charge in [-0.3, -0.25) is 0 Å². The Bertz CT molecular complexity index is 328. The highest BCUT2D eigenvalue weighted by Gasteiger charge is 1.98. The van der Waals surface area contributed by atoms with Gasteiger partial charge in [0.05, 0.1) is 6.61 Å². The summed E-state index contributed by atoms with van der Waals surface area (Å²) in [6, 6.07) is 7.88. The van der Waals surface area contributed by atoms with Crippen molar-refractivity contribution in [2.45, 2.75) is 39.5 Å². The molecule has 0 aliphatic carbocycles. The number of rotatable bonds is 11. The van der Waals surface area contributed by atoms with Crippen molar-refractivity contribution in [2.75, 3.05) is 26.3 Å². The van der Waals surface area contributed by atoms with Crippen LogP contribution in [0, 0.1) is 0 Å². The average molecular weight is 265 g/mol. The van der Waals surface area contributed by atoms with Gasteiger partial charge in [-0.25, -0.2) is 0 Å². The third-order valence-corrected chi connectivity index (χ3v) is 2.83. The minimum Gasteiger partial charge on any atom is -0.493 e. The predicted octanol–water partition coefficient (Wildman–Crippen LogP) is 3.63. The summed E-state index contributed by atoms with van der Waals surface area (Å²) >= 11 is 0. The molecule has 108 valence electrons. The molecule has 3 heteroatoms. The number of hydrogen-bond acceptors (Lipinski definition) is 3. The van der Waals surface area contributed by atoms with E-state index in [4.69, 9.17) is 9.47 Å². The van der Waals surface area contributed by atoms with Gasteiger partial charge in [0.1, 0.15) is 18.1 Å². The standard InChI is InChI=1S/C16H27NO2/c1-3-5-10-17-11-13-19-16-9-7-8-15(14-16)18-12-6-4-2/h7-9,14,17H,3-6,10-13H2,1-2H3. The van der Waals surface area contributed by atoms with Crippen LogP contribution in [-0.2, 0) is 0 Å². The topological polar surface area (TPSA) is 30.5 Å². The Morgan fingerprint density at radius 1 is 0.895 bits per heavy atom. The molecule has 1 rings (SSSR count). The van der Waals surface area contributed by atoms with Gasteiger partial charge >= 0.3 is 0 Å². The number of benzene rings is 1. The molecule has 0 aliphatic heterocycles. The van der Waals surface area contributed by atoms with E-state index in [2.05, 4.69) is 19.2 Å². The van der Waals surface area contributed by atoms with Crippen molar-refractivity contribution in [3.8, 4) is 11.5 Å². The normalized spacial score (nSPS) is 10.4. The van der Waals surface area contributed by atoms with Gasteiger partial charge in [0.2, 0.25) is 0 Å². The van der Waals surface area contributed by atoms with Crippen molar-refractivity contribution >= 4 is 0 Å². The Morgan fingerprint density at radius 3 is 2.26 bits per heavy atom. The van der Waals surface area contributed by atoms with Crippen LogP contribution in [0.4, 0.5) is 0 Å². The first-order valence-corrected chi connectivity index (χ1v) is 7.43. The molecule has 0 aromatic heterocycles. The first-order chi connectivity index (χ1) is 9.36. The second kappa shape index (κ2) is 10.7. The molecule has 19 heavy (non-hydrogen) atoms. The second-order valence-corrected chi connectivity index (χ2v) is 4.63. The van der Waals surface area contributed by atoms with E-state index >= 15 is 0 Å². The highest BCUT2D eigenvalue weighted by molar-refractivity contribution is 5.32. The molecule has 1 N–H and O–H groups in total. The highest BCUT2D eigenvalue weighted by Crippen LogP contribution is 2.19. The summed E-state index contributed by atoms with van der Waals surface area (Å²) in [5.41, 5.74) is 0. The average Bonchev–Trinajstić information content (AvgIpc) is 2.43. The minimum absolute atomic E-state index is 0.697. The fourth-order valence-electron chi connectivity index (χ4n) is 1.66. The molecule has 0 amide bonds. The van der Waals surface area contributed by atoms with Crippen LogP contribution in [0.2, 0.25) is 0 Å². The number of unbranched alkanes of at least 4 members (excludes halogenated alkanes) is 2. The molecule has 3 nitrogen and oxygen atoms in total. The Balaban J connectivity index is 2.20. The van der Waals surface area contributed by atoms with Gasteiger partial charge in [-0.1, -0.05) is 32.8 Å². The largest absolute Gasteiger partial charge is 0.493 e. The van der Waals surface area contributed by atoms with E-state index in [9.17, 15) is 0 Å². The number of hydrogen-bond donors (Lipinski definition) is 1. The van der Waals surface area contributed by atoms with Crippen molar-refractivity contribution in [3.05, 3.63) is 24.3 Å². The lowest BCUT2D eigenvalue weighted by Crippen LogP contribution is -2.21. The summed E-state index contributed by atoms with van der Waals surface area (Å²) in [7, 11) is 0. The summed E-state index contributed by atoms with van der Waals surface area (Å²) in [6.07, 6.45) is 4.69. The lowest BCUT2D eigenvalue weighted by molar-refractivity contribution is 0.296. The summed E-state index contributed by atoms with van der Waals surface area (Å²) in [6.45, 7) is 7.79. The zero-order valence-corrected chi connectivity index (χ0v) is 12.3. The molecule has 1 aromatic rings. The fraction of sp³-hybridized carbons (Fsp3) is 0.625. The molecule has 1 aromatic carbocycles. The summed E-state index contributed by atoms with van der Waals surface area (Å²) in [4.78, 5) is 0. The van der Waals surface area contributed by atoms with Gasteiger partial charge < -0.3 is 14.8 Å². The minimum atomic E-state index is 0.697. The van der Waals surface area contributed by atoms with Crippen LogP contribution in [-0.4, -0.2) is 26.3 Å². The highest BCUT2D eigenvalue weighted by atomic mass is 16.5. The maximum absolute atomic E-state index is 5.69. The van der Waals surface area contributed by atoms with Crippen LogP contribution >= 0.6 is 0 Å². The quantitative estimate of drug-likeness (QED) is 0.620. The number of ether oxygens (including phenoxy) is 2. The van der Waals surface area contributed by atoms with E-state index in [-0.39, 0.29) is 0 Å². The van der Waals surface area contributed by atoms with Crippen molar-refractivity contribution < 1.29 is 9.47 Å². The maximum atomic E-state index is 5.69. The van der Waals surface area contributed by atoms with Crippen LogP contribution in [0.25, 0.3) is 0 Å². The van der Waals surface area contributed by atoms with E-state index < -0.39 is 0 Å². The van der Waals surface area contributed by atoms with Gasteiger partial charge in [0.25, 0.3) is 0 Å². The molecule has 0 aliphatic rings. The Morgan fingerprint density at radius 2 is 1.58 bits per heavy atom. The Kier molecular flexibility index (Phi) is 8.90. The molecular formula is C16H27NO2. The number of nitrogens with one attached hydrogen (secondary N) is 1. The molecule has 0 saturated heterocycles. The molecule has 0 atom stereocenters. The molecule has 0 heterocycles. The summed E-state index contributed by atoms with van der Waals surface area (Å²) in [5.74, 6) is 1.77.